The fraction of sp³-hybridized carbons (Fsp3) is 0.312. The van der Waals surface area contributed by atoms with Crippen molar-refractivity contribution in [2.75, 3.05) is 0 Å². The lowest BCUT2D eigenvalue weighted by molar-refractivity contribution is -0.164. The minimum absolute atomic E-state index is 0.0353. The average molecular weight is 606 g/mol. The maximum absolute atomic E-state index is 14.4. The predicted octanol–water partition coefficient (Wildman–Crippen LogP) is 6.22. The Bertz CT molecular complexity index is 1880. The van der Waals surface area contributed by atoms with Crippen molar-refractivity contribution in [3.8, 4) is 16.5 Å². The number of aryl methyl sites for hydroxylation is 1. The first-order valence-corrected chi connectivity index (χ1v) is 14.5. The zero-order valence-corrected chi connectivity index (χ0v) is 25.5. The van der Waals surface area contributed by atoms with Crippen LogP contribution in [0.4, 0.5) is 4.39 Å². The number of oxazole rings is 1. The van der Waals surface area contributed by atoms with Gasteiger partial charge in [-0.05, 0) is 76.9 Å². The van der Waals surface area contributed by atoms with E-state index in [-0.39, 0.29) is 11.9 Å². The largest absolute Gasteiger partial charge is 0.484 e. The number of benzene rings is 2. The van der Waals surface area contributed by atoms with Crippen LogP contribution in [0.2, 0.25) is 0 Å². The van der Waals surface area contributed by atoms with E-state index < -0.39 is 40.3 Å². The van der Waals surface area contributed by atoms with Crippen molar-refractivity contribution in [1.82, 2.24) is 14.1 Å². The molecule has 0 radical (unpaired) electrons. The summed E-state index contributed by atoms with van der Waals surface area (Å²) in [5, 5.41) is 0.253. The lowest BCUT2D eigenvalue weighted by atomic mass is 10.0. The lowest BCUT2D eigenvalue weighted by Gasteiger charge is -2.30. The number of carbonyl (C=O) groups excluding carboxylic acids is 1. The number of fused-ring (bicyclic) bond motifs is 1. The topological polar surface area (TPSA) is 106 Å². The summed E-state index contributed by atoms with van der Waals surface area (Å²) in [6.07, 6.45) is 2.20. The molecule has 5 rings (SSSR count). The molecule has 3 heterocycles. The smallest absolute Gasteiger partial charge is 0.333 e. The monoisotopic (exact) mass is 605 g/mol. The van der Waals surface area contributed by atoms with E-state index in [1.54, 1.807) is 27.7 Å². The molecule has 0 aliphatic rings. The Kier molecular flexibility index (Phi) is 7.87. The highest BCUT2D eigenvalue weighted by atomic mass is 32.1. The Morgan fingerprint density at radius 3 is 2.33 bits per heavy atom. The molecule has 0 aliphatic carbocycles. The molecule has 0 saturated carbocycles. The van der Waals surface area contributed by atoms with Gasteiger partial charge >= 0.3 is 11.7 Å². The first-order valence-electron chi connectivity index (χ1n) is 13.7. The van der Waals surface area contributed by atoms with E-state index >= 15 is 0 Å². The first kappa shape index (κ1) is 30.0. The van der Waals surface area contributed by atoms with Gasteiger partial charge in [0.1, 0.15) is 39.9 Å². The number of esters is 1. The predicted molar refractivity (Wildman–Crippen MR) is 162 cm³/mol. The molecule has 9 nitrogen and oxygen atoms in total. The molecule has 0 aliphatic heterocycles. The fourth-order valence-electron chi connectivity index (χ4n) is 4.76. The van der Waals surface area contributed by atoms with Crippen molar-refractivity contribution < 1.29 is 23.1 Å². The quantitative estimate of drug-likeness (QED) is 0.193. The molecule has 0 spiro atoms. The third-order valence-electron chi connectivity index (χ3n) is 6.91. The Labute approximate surface area is 251 Å². The lowest BCUT2D eigenvalue weighted by Crippen LogP contribution is -2.54. The van der Waals surface area contributed by atoms with Gasteiger partial charge < -0.3 is 13.9 Å². The van der Waals surface area contributed by atoms with Gasteiger partial charge in [0.15, 0.2) is 0 Å². The molecular weight excluding hydrogens is 573 g/mol. The van der Waals surface area contributed by atoms with Gasteiger partial charge in [0.2, 0.25) is 5.89 Å². The number of halogens is 1. The molecule has 0 saturated heterocycles. The van der Waals surface area contributed by atoms with Crippen molar-refractivity contribution in [2.45, 2.75) is 65.3 Å². The van der Waals surface area contributed by atoms with Crippen molar-refractivity contribution in [1.29, 1.82) is 0 Å². The van der Waals surface area contributed by atoms with Crippen LogP contribution in [0.5, 0.6) is 5.75 Å². The van der Waals surface area contributed by atoms with E-state index in [0.29, 0.717) is 26.9 Å². The van der Waals surface area contributed by atoms with Gasteiger partial charge in [0.05, 0.1) is 23.0 Å². The van der Waals surface area contributed by atoms with Crippen LogP contribution in [0.15, 0.2) is 81.1 Å². The summed E-state index contributed by atoms with van der Waals surface area (Å²) in [5.41, 5.74) is -2.54. The summed E-state index contributed by atoms with van der Waals surface area (Å²) in [6.45, 7) is 9.84. The molecule has 0 N–H and O–H groups in total. The number of rotatable bonds is 8. The molecule has 43 heavy (non-hydrogen) atoms. The third kappa shape index (κ3) is 5.90. The standard InChI is InChI=1S/C32H32FN3O6S/c1-19-24-27(37)36(32(5,6)29(38)42-31(2,3)4)30(39)35(28(24)43-25(19)26-34-16-17-40-26)18-23(20-10-8-7-9-11-20)41-22-14-12-21(33)13-15-22/h7-17,23H,18H2,1-6H3. The van der Waals surface area contributed by atoms with Crippen molar-refractivity contribution in [3.05, 3.63) is 105 Å². The second kappa shape index (κ2) is 11.3. The summed E-state index contributed by atoms with van der Waals surface area (Å²) in [6, 6.07) is 14.8. The highest BCUT2D eigenvalue weighted by Crippen LogP contribution is 2.36. The number of aromatic nitrogens is 3. The Morgan fingerprint density at radius 1 is 1.05 bits per heavy atom. The summed E-state index contributed by atoms with van der Waals surface area (Å²) in [7, 11) is 0. The number of carbonyl (C=O) groups is 1. The van der Waals surface area contributed by atoms with Crippen molar-refractivity contribution >= 4 is 27.5 Å². The summed E-state index contributed by atoms with van der Waals surface area (Å²) < 4.78 is 33.5. The Morgan fingerprint density at radius 2 is 1.72 bits per heavy atom. The van der Waals surface area contributed by atoms with Crippen LogP contribution in [0, 0.1) is 12.7 Å². The molecule has 0 amide bonds. The van der Waals surface area contributed by atoms with E-state index in [1.807, 2.05) is 30.3 Å². The van der Waals surface area contributed by atoms with E-state index in [1.165, 1.54) is 66.5 Å². The molecule has 11 heteroatoms. The van der Waals surface area contributed by atoms with Crippen LogP contribution in [0.3, 0.4) is 0 Å². The van der Waals surface area contributed by atoms with Gasteiger partial charge in [-0.15, -0.1) is 11.3 Å². The summed E-state index contributed by atoms with van der Waals surface area (Å²) in [4.78, 5) is 47.1. The van der Waals surface area contributed by atoms with E-state index in [0.717, 1.165) is 10.1 Å². The van der Waals surface area contributed by atoms with Crippen LogP contribution in [0.25, 0.3) is 21.0 Å². The Hall–Kier alpha value is -4.51. The first-order chi connectivity index (χ1) is 20.3. The number of thiophene rings is 1. The van der Waals surface area contributed by atoms with E-state index in [4.69, 9.17) is 13.9 Å². The minimum Gasteiger partial charge on any atom is -0.484 e. The van der Waals surface area contributed by atoms with Gasteiger partial charge in [0, 0.05) is 0 Å². The molecule has 224 valence electrons. The molecule has 1 atom stereocenters. The molecule has 0 fully saturated rings. The maximum atomic E-state index is 14.4. The highest BCUT2D eigenvalue weighted by molar-refractivity contribution is 7.22. The highest BCUT2D eigenvalue weighted by Gasteiger charge is 2.39. The molecule has 3 aromatic heterocycles. The molecular formula is C32H32FN3O6S. The molecule has 2 aromatic carbocycles. The molecule has 0 bridgehead atoms. The Balaban J connectivity index is 1.75. The van der Waals surface area contributed by atoms with Gasteiger partial charge in [-0.1, -0.05) is 30.3 Å². The zero-order chi connectivity index (χ0) is 31.1. The zero-order valence-electron chi connectivity index (χ0n) is 24.7. The normalized spacial score (nSPS) is 12.8. The average Bonchev–Trinajstić information content (AvgIpc) is 3.59. The van der Waals surface area contributed by atoms with Crippen molar-refractivity contribution in [2.24, 2.45) is 0 Å². The van der Waals surface area contributed by atoms with Gasteiger partial charge in [0.25, 0.3) is 5.56 Å². The maximum Gasteiger partial charge on any atom is 0.333 e. The number of hydrogen-bond acceptors (Lipinski definition) is 8. The SMILES string of the molecule is Cc1c(-c2ncco2)sc2c1c(=O)n(C(C)(C)C(=O)OC(C)(C)C)c(=O)n2CC(Oc1ccc(F)cc1)c1ccccc1. The number of nitrogens with zero attached hydrogens (tertiary/aromatic N) is 3. The van der Waals surface area contributed by atoms with Gasteiger partial charge in [-0.3, -0.25) is 9.36 Å². The molecule has 5 aromatic rings. The summed E-state index contributed by atoms with van der Waals surface area (Å²) in [5.74, 6) is -0.443. The second-order valence-corrected chi connectivity index (χ2v) is 12.6. The minimum atomic E-state index is -1.66. The molecule has 1 unspecified atom stereocenters. The second-order valence-electron chi connectivity index (χ2n) is 11.6. The number of ether oxygens (including phenoxy) is 2. The van der Waals surface area contributed by atoms with Crippen LogP contribution in [0.1, 0.15) is 51.8 Å². The summed E-state index contributed by atoms with van der Waals surface area (Å²) >= 11 is 1.19. The van der Waals surface area contributed by atoms with E-state index in [2.05, 4.69) is 4.98 Å². The van der Waals surface area contributed by atoms with Crippen LogP contribution in [-0.2, 0) is 21.6 Å². The van der Waals surface area contributed by atoms with Crippen LogP contribution < -0.4 is 16.0 Å². The number of hydrogen-bond donors (Lipinski definition) is 0. The van der Waals surface area contributed by atoms with Crippen molar-refractivity contribution in [3.63, 3.8) is 0 Å². The van der Waals surface area contributed by atoms with Gasteiger partial charge in [-0.2, -0.15) is 0 Å². The van der Waals surface area contributed by atoms with Gasteiger partial charge in [-0.25, -0.2) is 23.5 Å². The van der Waals surface area contributed by atoms with E-state index in [9.17, 15) is 18.8 Å². The van der Waals surface area contributed by atoms with Crippen LogP contribution >= 0.6 is 11.3 Å². The fourth-order valence-corrected chi connectivity index (χ4v) is 6.00. The van der Waals surface area contributed by atoms with Crippen LogP contribution in [-0.4, -0.2) is 25.7 Å². The third-order valence-corrected chi connectivity index (χ3v) is 8.21.